The van der Waals surface area contributed by atoms with Crippen LogP contribution in [0, 0.1) is 0 Å². The highest BCUT2D eigenvalue weighted by Gasteiger charge is 2.23. The Morgan fingerprint density at radius 1 is 0.265 bits per heavy atom. The molecule has 9 aromatic rings. The fourth-order valence-electron chi connectivity index (χ4n) is 7.79. The third-order valence-electron chi connectivity index (χ3n) is 10.1. The highest BCUT2D eigenvalue weighted by atomic mass is 31.1. The summed E-state index contributed by atoms with van der Waals surface area (Å²) in [7, 11) is -0.616. The summed E-state index contributed by atoms with van der Waals surface area (Å²) in [6.45, 7) is 0. The summed E-state index contributed by atoms with van der Waals surface area (Å²) in [4.78, 5) is 0. The van der Waals surface area contributed by atoms with Crippen molar-refractivity contribution >= 4 is 56.2 Å². The second-order valence-corrected chi connectivity index (χ2v) is 15.2. The molecule has 10 rings (SSSR count). The van der Waals surface area contributed by atoms with Crippen LogP contribution in [0.3, 0.4) is 0 Å². The molecule has 0 aromatic heterocycles. The first-order valence-corrected chi connectivity index (χ1v) is 18.3. The minimum atomic E-state index is -0.616. The summed E-state index contributed by atoms with van der Waals surface area (Å²) < 4.78 is 0. The van der Waals surface area contributed by atoms with E-state index in [2.05, 4.69) is 188 Å². The smallest absolute Gasteiger partial charge is 0.00201 e. The van der Waals surface area contributed by atoms with Gasteiger partial charge in [0, 0.05) is 0 Å². The van der Waals surface area contributed by atoms with Gasteiger partial charge in [-0.25, -0.2) is 0 Å². The average molecular weight is 639 g/mol. The molecule has 9 aromatic carbocycles. The maximum absolute atomic E-state index is 2.37. The van der Waals surface area contributed by atoms with Gasteiger partial charge in [0.25, 0.3) is 0 Å². The number of hydrogen-bond acceptors (Lipinski definition) is 0. The minimum Gasteiger partial charge on any atom is -0.0622 e. The van der Waals surface area contributed by atoms with Gasteiger partial charge in [0.2, 0.25) is 0 Å². The lowest BCUT2D eigenvalue weighted by Gasteiger charge is -2.19. The molecule has 0 aliphatic heterocycles. The molecule has 1 aliphatic carbocycles. The molecule has 0 nitrogen and oxygen atoms in total. The standard InChI is InChI=1S/C48H31P/c1-3-12-39(13-4-1)49(40-14-5-2-6-15-40)41-24-22-32(23-25-41)35-18-19-37-29-38(21-20-36(37)28-35)42-26-27-45-47-31-34-11-8-7-10-33(34)30-46(47)44-17-9-16-43(42)48(44)45/h1-31H. The summed E-state index contributed by atoms with van der Waals surface area (Å²) in [5.41, 5.74) is 10.4. The molecule has 0 spiro atoms. The van der Waals surface area contributed by atoms with Gasteiger partial charge >= 0.3 is 0 Å². The predicted octanol–water partition coefficient (Wildman–Crippen LogP) is 11.9. The third kappa shape index (κ3) is 4.72. The Labute approximate surface area is 287 Å². The van der Waals surface area contributed by atoms with Crippen LogP contribution in [0.5, 0.6) is 0 Å². The van der Waals surface area contributed by atoms with E-state index < -0.39 is 7.92 Å². The Morgan fingerprint density at radius 2 is 0.755 bits per heavy atom. The SMILES string of the molecule is c1ccc(P(c2ccccc2)c2ccc(-c3ccc4cc(-c5ccc6c7c(cccc57)-c5cc7ccccc7cc5-6)ccc4c3)cc2)cc1. The summed E-state index contributed by atoms with van der Waals surface area (Å²) in [5.74, 6) is 0. The van der Waals surface area contributed by atoms with Crippen LogP contribution in [-0.4, -0.2) is 0 Å². The topological polar surface area (TPSA) is 0 Å². The first kappa shape index (κ1) is 28.2. The molecule has 228 valence electrons. The van der Waals surface area contributed by atoms with Crippen molar-refractivity contribution in [2.24, 2.45) is 0 Å². The Balaban J connectivity index is 0.997. The average Bonchev–Trinajstić information content (AvgIpc) is 3.48. The number of fused-ring (bicyclic) bond motifs is 5. The second kappa shape index (κ2) is 11.4. The van der Waals surface area contributed by atoms with E-state index in [0.717, 1.165) is 0 Å². The summed E-state index contributed by atoms with van der Waals surface area (Å²) >= 11 is 0. The van der Waals surface area contributed by atoms with E-state index in [1.807, 2.05) is 0 Å². The Morgan fingerprint density at radius 3 is 1.41 bits per heavy atom. The Bertz CT molecular complexity index is 2600. The first-order chi connectivity index (χ1) is 24.3. The Kier molecular flexibility index (Phi) is 6.57. The van der Waals surface area contributed by atoms with Crippen LogP contribution >= 0.6 is 7.92 Å². The van der Waals surface area contributed by atoms with Crippen molar-refractivity contribution in [3.05, 3.63) is 188 Å². The lowest BCUT2D eigenvalue weighted by atomic mass is 9.92. The highest BCUT2D eigenvalue weighted by molar-refractivity contribution is 7.79. The van der Waals surface area contributed by atoms with Crippen molar-refractivity contribution in [1.29, 1.82) is 0 Å². The molecule has 0 atom stereocenters. The molecule has 0 unspecified atom stereocenters. The molecule has 0 N–H and O–H groups in total. The zero-order valence-corrected chi connectivity index (χ0v) is 27.7. The molecule has 0 saturated heterocycles. The number of benzene rings is 9. The van der Waals surface area contributed by atoms with Crippen LogP contribution in [-0.2, 0) is 0 Å². The summed E-state index contributed by atoms with van der Waals surface area (Å²) in [5, 5.41) is 11.9. The van der Waals surface area contributed by atoms with E-state index in [1.165, 1.54) is 92.7 Å². The number of rotatable bonds is 5. The normalized spacial score (nSPS) is 11.9. The van der Waals surface area contributed by atoms with Gasteiger partial charge in [-0.2, -0.15) is 0 Å². The van der Waals surface area contributed by atoms with Crippen molar-refractivity contribution in [2.45, 2.75) is 0 Å². The molecule has 0 fully saturated rings. The van der Waals surface area contributed by atoms with Crippen LogP contribution in [0.1, 0.15) is 0 Å². The molecule has 0 bridgehead atoms. The van der Waals surface area contributed by atoms with Crippen LogP contribution in [0.2, 0.25) is 0 Å². The van der Waals surface area contributed by atoms with Crippen molar-refractivity contribution in [3.8, 4) is 44.5 Å². The fourth-order valence-corrected chi connectivity index (χ4v) is 10.1. The molecule has 0 radical (unpaired) electrons. The molecule has 1 heteroatoms. The van der Waals surface area contributed by atoms with E-state index in [0.29, 0.717) is 0 Å². The zero-order valence-electron chi connectivity index (χ0n) is 26.8. The van der Waals surface area contributed by atoms with E-state index in [-0.39, 0.29) is 0 Å². The molecule has 1 aliphatic rings. The van der Waals surface area contributed by atoms with E-state index >= 15 is 0 Å². The zero-order chi connectivity index (χ0) is 32.3. The van der Waals surface area contributed by atoms with Gasteiger partial charge in [-0.3, -0.25) is 0 Å². The monoisotopic (exact) mass is 638 g/mol. The molecule has 0 saturated carbocycles. The quantitative estimate of drug-likeness (QED) is 0.165. The Hall–Kier alpha value is -5.81. The van der Waals surface area contributed by atoms with E-state index in [1.54, 1.807) is 0 Å². The van der Waals surface area contributed by atoms with Crippen molar-refractivity contribution in [1.82, 2.24) is 0 Å². The summed E-state index contributed by atoms with van der Waals surface area (Å²) in [6, 6.07) is 69.8. The number of hydrogen-bond donors (Lipinski definition) is 0. The molecule has 0 amide bonds. The maximum Gasteiger partial charge on any atom is -0.00201 e. The van der Waals surface area contributed by atoms with E-state index in [9.17, 15) is 0 Å². The van der Waals surface area contributed by atoms with Gasteiger partial charge in [-0.1, -0.05) is 164 Å². The van der Waals surface area contributed by atoms with Crippen molar-refractivity contribution < 1.29 is 0 Å². The highest BCUT2D eigenvalue weighted by Crippen LogP contribution is 2.50. The van der Waals surface area contributed by atoms with Crippen molar-refractivity contribution in [2.75, 3.05) is 0 Å². The maximum atomic E-state index is 2.37. The third-order valence-corrected chi connectivity index (χ3v) is 12.6. The van der Waals surface area contributed by atoms with Crippen LogP contribution in [0.15, 0.2) is 188 Å². The molecular weight excluding hydrogens is 608 g/mol. The van der Waals surface area contributed by atoms with Gasteiger partial charge < -0.3 is 0 Å². The predicted molar refractivity (Wildman–Crippen MR) is 213 cm³/mol. The lowest BCUT2D eigenvalue weighted by molar-refractivity contribution is 1.65. The molecule has 0 heterocycles. The summed E-state index contributed by atoms with van der Waals surface area (Å²) in [6.07, 6.45) is 0. The van der Waals surface area contributed by atoms with Crippen LogP contribution in [0.25, 0.3) is 76.8 Å². The molecular formula is C48H31P. The van der Waals surface area contributed by atoms with Gasteiger partial charge in [0.15, 0.2) is 0 Å². The minimum absolute atomic E-state index is 0.616. The van der Waals surface area contributed by atoms with Gasteiger partial charge in [-0.15, -0.1) is 0 Å². The van der Waals surface area contributed by atoms with Crippen LogP contribution in [0.4, 0.5) is 0 Å². The largest absolute Gasteiger partial charge is 0.0622 e. The van der Waals surface area contributed by atoms with E-state index in [4.69, 9.17) is 0 Å². The first-order valence-electron chi connectivity index (χ1n) is 16.9. The lowest BCUT2D eigenvalue weighted by Crippen LogP contribution is -2.20. The van der Waals surface area contributed by atoms with Gasteiger partial charge in [-0.05, 0) is 125 Å². The molecule has 49 heavy (non-hydrogen) atoms. The second-order valence-electron chi connectivity index (χ2n) is 13.0. The van der Waals surface area contributed by atoms with Crippen molar-refractivity contribution in [3.63, 3.8) is 0 Å². The van der Waals surface area contributed by atoms with Gasteiger partial charge in [0.05, 0.1) is 0 Å². The van der Waals surface area contributed by atoms with Crippen LogP contribution < -0.4 is 15.9 Å². The fraction of sp³-hybridized carbons (Fsp3) is 0. The van der Waals surface area contributed by atoms with Gasteiger partial charge in [0.1, 0.15) is 0 Å².